The Bertz CT molecular complexity index is 1030. The predicted molar refractivity (Wildman–Crippen MR) is 137 cm³/mol. The number of nitrogen functional groups attached to an aromatic ring is 1. The van der Waals surface area contributed by atoms with Crippen molar-refractivity contribution in [2.45, 2.75) is 38.4 Å². The monoisotopic (exact) mass is 482 g/mol. The van der Waals surface area contributed by atoms with Crippen LogP contribution in [0.2, 0.25) is 0 Å². The van der Waals surface area contributed by atoms with Gasteiger partial charge in [0.2, 0.25) is 0 Å². The van der Waals surface area contributed by atoms with Gasteiger partial charge >= 0.3 is 0 Å². The van der Waals surface area contributed by atoms with Crippen LogP contribution in [0.5, 0.6) is 5.75 Å². The summed E-state index contributed by atoms with van der Waals surface area (Å²) >= 11 is 0. The number of aromatic nitrogens is 2. The number of ether oxygens (including phenoxy) is 2. The number of anilines is 2. The van der Waals surface area contributed by atoms with Crippen molar-refractivity contribution in [1.29, 1.82) is 0 Å². The molecule has 0 amide bonds. The molecule has 0 saturated carbocycles. The fourth-order valence-corrected chi connectivity index (χ4v) is 5.53. The van der Waals surface area contributed by atoms with E-state index in [1.807, 2.05) is 18.2 Å². The highest BCUT2D eigenvalue weighted by Crippen LogP contribution is 2.36. The average Bonchev–Trinajstić information content (AvgIpc) is 3.00. The van der Waals surface area contributed by atoms with Crippen molar-refractivity contribution in [3.8, 4) is 17.0 Å². The number of rotatable bonds is 4. The van der Waals surface area contributed by atoms with Crippen LogP contribution in [-0.4, -0.2) is 90.9 Å². The van der Waals surface area contributed by atoms with E-state index in [0.29, 0.717) is 23.7 Å². The summed E-state index contributed by atoms with van der Waals surface area (Å²) in [6.45, 7) is 12.2. The third-order valence-corrected chi connectivity index (χ3v) is 7.34. The van der Waals surface area contributed by atoms with Gasteiger partial charge in [0.15, 0.2) is 5.82 Å². The topological polar surface area (TPSA) is 109 Å². The molecule has 1 aromatic carbocycles. The number of benzene rings is 1. The number of nitrogens with two attached hydrogens (primary N) is 1. The number of nitrogens with one attached hydrogen (secondary N) is 1. The molecule has 1 aromatic heterocycles. The van der Waals surface area contributed by atoms with E-state index in [-0.39, 0.29) is 22.9 Å². The molecule has 9 heteroatoms. The summed E-state index contributed by atoms with van der Waals surface area (Å²) in [5.74, 6) is 0.576. The molecule has 2 aromatic rings. The lowest BCUT2D eigenvalue weighted by molar-refractivity contribution is -0.122. The smallest absolute Gasteiger partial charge is 0.169 e. The molecule has 9 nitrogen and oxygen atoms in total. The molecular formula is C26H38N6O3. The summed E-state index contributed by atoms with van der Waals surface area (Å²) in [5, 5.41) is 22.3. The van der Waals surface area contributed by atoms with Crippen molar-refractivity contribution < 1.29 is 14.6 Å². The average molecular weight is 483 g/mol. The second-order valence-electron chi connectivity index (χ2n) is 11.0. The minimum Gasteiger partial charge on any atom is -0.507 e. The second kappa shape index (κ2) is 9.89. The maximum atomic E-state index is 10.3. The number of piperidine rings is 1. The van der Waals surface area contributed by atoms with E-state index in [1.54, 1.807) is 12.1 Å². The van der Waals surface area contributed by atoms with E-state index in [4.69, 9.17) is 15.2 Å². The van der Waals surface area contributed by atoms with Gasteiger partial charge in [-0.2, -0.15) is 0 Å². The number of aromatic hydroxyl groups is 1. The molecule has 3 aliphatic heterocycles. The van der Waals surface area contributed by atoms with Crippen LogP contribution < -0.4 is 16.0 Å². The molecular weight excluding hydrogens is 444 g/mol. The minimum absolute atomic E-state index is 0.165. The van der Waals surface area contributed by atoms with Crippen molar-refractivity contribution in [2.24, 2.45) is 5.41 Å². The van der Waals surface area contributed by atoms with Crippen molar-refractivity contribution in [1.82, 2.24) is 20.4 Å². The predicted octanol–water partition coefficient (Wildman–Crippen LogP) is 2.12. The lowest BCUT2D eigenvalue weighted by Crippen LogP contribution is -2.61. The minimum atomic E-state index is -0.251. The van der Waals surface area contributed by atoms with Gasteiger partial charge in [-0.3, -0.25) is 4.90 Å². The van der Waals surface area contributed by atoms with Crippen LogP contribution in [0.4, 0.5) is 11.5 Å². The van der Waals surface area contributed by atoms with Gasteiger partial charge in [-0.1, -0.05) is 26.0 Å². The Morgan fingerprint density at radius 3 is 2.91 bits per heavy atom. The first-order valence-electron chi connectivity index (χ1n) is 12.7. The Morgan fingerprint density at radius 2 is 2.06 bits per heavy atom. The highest BCUT2D eigenvalue weighted by Gasteiger charge is 2.42. The number of hydrogen-bond acceptors (Lipinski definition) is 9. The Morgan fingerprint density at radius 1 is 1.20 bits per heavy atom. The summed E-state index contributed by atoms with van der Waals surface area (Å²) < 4.78 is 12.7. The zero-order chi connectivity index (χ0) is 24.5. The molecule has 1 spiro atoms. The summed E-state index contributed by atoms with van der Waals surface area (Å²) in [6, 6.07) is 9.10. The lowest BCUT2D eigenvalue weighted by Gasteiger charge is -2.49. The van der Waals surface area contributed by atoms with Gasteiger partial charge in [0, 0.05) is 56.8 Å². The molecule has 4 heterocycles. The first-order chi connectivity index (χ1) is 16.8. The third kappa shape index (κ3) is 5.53. The standard InChI is InChI=1S/C26H38N6O3/c1-25(2)15-28-13-19(34-18-25)14-31-10-11-35-26(16-31)8-5-9-32(17-26)22-12-21(29-30-24(22)27)20-6-3-4-7-23(20)33/h3-4,6-7,12,19,28,33H,5,8-11,13-18H2,1-2H3,(H2,27,30)/t19-,26?/m1/s1. The second-order valence-corrected chi connectivity index (χ2v) is 11.0. The first kappa shape index (κ1) is 24.2. The molecule has 35 heavy (non-hydrogen) atoms. The van der Waals surface area contributed by atoms with E-state index in [1.165, 1.54) is 0 Å². The summed E-state index contributed by atoms with van der Waals surface area (Å²) in [4.78, 5) is 4.77. The molecule has 190 valence electrons. The maximum absolute atomic E-state index is 10.3. The van der Waals surface area contributed by atoms with Crippen molar-refractivity contribution in [3.63, 3.8) is 0 Å². The van der Waals surface area contributed by atoms with Crippen molar-refractivity contribution in [2.75, 3.05) is 69.7 Å². The van der Waals surface area contributed by atoms with Crippen LogP contribution in [-0.2, 0) is 9.47 Å². The van der Waals surface area contributed by atoms with Crippen LogP contribution in [0.3, 0.4) is 0 Å². The van der Waals surface area contributed by atoms with E-state index in [2.05, 4.69) is 39.2 Å². The van der Waals surface area contributed by atoms with Gasteiger partial charge < -0.3 is 30.5 Å². The van der Waals surface area contributed by atoms with Gasteiger partial charge in [0.05, 0.1) is 36.3 Å². The van der Waals surface area contributed by atoms with E-state index in [9.17, 15) is 5.11 Å². The van der Waals surface area contributed by atoms with E-state index in [0.717, 1.165) is 70.9 Å². The zero-order valence-corrected chi connectivity index (χ0v) is 20.9. The summed E-state index contributed by atoms with van der Waals surface area (Å²) in [5.41, 5.74) is 8.30. The molecule has 5 rings (SSSR count). The maximum Gasteiger partial charge on any atom is 0.169 e. The molecule has 2 atom stereocenters. The summed E-state index contributed by atoms with van der Waals surface area (Å²) in [7, 11) is 0. The number of nitrogens with zero attached hydrogens (tertiary/aromatic N) is 4. The fourth-order valence-electron chi connectivity index (χ4n) is 5.53. The number of para-hydroxylation sites is 1. The van der Waals surface area contributed by atoms with Crippen LogP contribution in [0, 0.1) is 5.41 Å². The quantitative estimate of drug-likeness (QED) is 0.604. The van der Waals surface area contributed by atoms with E-state index < -0.39 is 0 Å². The molecule has 0 radical (unpaired) electrons. The molecule has 3 aliphatic rings. The van der Waals surface area contributed by atoms with E-state index >= 15 is 0 Å². The molecule has 3 fully saturated rings. The highest BCUT2D eigenvalue weighted by molar-refractivity contribution is 5.74. The first-order valence-corrected chi connectivity index (χ1v) is 12.7. The molecule has 4 N–H and O–H groups in total. The Labute approximate surface area is 207 Å². The van der Waals surface area contributed by atoms with Gasteiger partial charge in [-0.05, 0) is 31.0 Å². The SMILES string of the molecule is CC1(C)CNC[C@H](CN2CCOC3(CCCN(c4cc(-c5ccccc5O)nnc4N)C3)C2)OC1. The molecule has 0 aliphatic carbocycles. The fraction of sp³-hybridized carbons (Fsp3) is 0.615. The molecule has 1 unspecified atom stereocenters. The lowest BCUT2D eigenvalue weighted by atomic mass is 9.90. The number of hydrogen-bond donors (Lipinski definition) is 3. The largest absolute Gasteiger partial charge is 0.507 e. The Balaban J connectivity index is 1.29. The summed E-state index contributed by atoms with van der Waals surface area (Å²) in [6.07, 6.45) is 2.21. The van der Waals surface area contributed by atoms with Gasteiger partial charge in [-0.15, -0.1) is 10.2 Å². The van der Waals surface area contributed by atoms with Gasteiger partial charge in [-0.25, -0.2) is 0 Å². The van der Waals surface area contributed by atoms with Crippen LogP contribution in [0.15, 0.2) is 30.3 Å². The highest BCUT2D eigenvalue weighted by atomic mass is 16.5. The number of morpholine rings is 1. The zero-order valence-electron chi connectivity index (χ0n) is 20.9. The normalized spacial score (nSPS) is 27.6. The van der Waals surface area contributed by atoms with Gasteiger partial charge in [0.25, 0.3) is 0 Å². The molecule has 3 saturated heterocycles. The van der Waals surface area contributed by atoms with Crippen molar-refractivity contribution >= 4 is 11.5 Å². The molecule has 0 bridgehead atoms. The number of phenols is 1. The Kier molecular flexibility index (Phi) is 6.85. The third-order valence-electron chi connectivity index (χ3n) is 7.34. The van der Waals surface area contributed by atoms with Gasteiger partial charge in [0.1, 0.15) is 5.75 Å². The van der Waals surface area contributed by atoms with Crippen LogP contribution in [0.25, 0.3) is 11.3 Å². The van der Waals surface area contributed by atoms with Crippen molar-refractivity contribution in [3.05, 3.63) is 30.3 Å². The van der Waals surface area contributed by atoms with Crippen LogP contribution in [0.1, 0.15) is 26.7 Å². The van der Waals surface area contributed by atoms with Crippen LogP contribution >= 0.6 is 0 Å². The Hall–Kier alpha value is -2.46. The number of phenolic OH excluding ortho intramolecular Hbond substituents is 1.